The highest BCUT2D eigenvalue weighted by atomic mass is 16.5. The van der Waals surface area contributed by atoms with E-state index in [2.05, 4.69) is 11.4 Å². The number of amides is 2. The molecule has 1 aliphatic rings. The van der Waals surface area contributed by atoms with Crippen molar-refractivity contribution in [2.75, 3.05) is 16.8 Å². The number of rotatable bonds is 6. The van der Waals surface area contributed by atoms with Gasteiger partial charge >= 0.3 is 0 Å². The van der Waals surface area contributed by atoms with Crippen LogP contribution in [0.5, 0.6) is 5.75 Å². The molecule has 0 bridgehead atoms. The first kappa shape index (κ1) is 21.4. The van der Waals surface area contributed by atoms with Crippen LogP contribution in [0.15, 0.2) is 72.4 Å². The summed E-state index contributed by atoms with van der Waals surface area (Å²) in [7, 11) is 0. The maximum absolute atomic E-state index is 13.5. The quantitative estimate of drug-likeness (QED) is 0.536. The molecular formula is C27H26N2O3. The van der Waals surface area contributed by atoms with E-state index in [0.717, 1.165) is 22.4 Å². The number of carbonyl (C=O) groups excluding carboxylic acids is 2. The molecule has 0 atom stereocenters. The number of benzene rings is 3. The fourth-order valence-electron chi connectivity index (χ4n) is 3.92. The number of nitrogens with one attached hydrogen (secondary N) is 1. The van der Waals surface area contributed by atoms with Gasteiger partial charge in [0.1, 0.15) is 11.4 Å². The predicted octanol–water partition coefficient (Wildman–Crippen LogP) is 5.41. The molecule has 1 heterocycles. The molecule has 4 rings (SSSR count). The van der Waals surface area contributed by atoms with Gasteiger partial charge in [-0.05, 0) is 80.8 Å². The maximum Gasteiger partial charge on any atom is 0.282 e. The highest BCUT2D eigenvalue weighted by Gasteiger charge is 2.40. The van der Waals surface area contributed by atoms with Crippen LogP contribution in [0.25, 0.3) is 5.57 Å². The Kier molecular flexibility index (Phi) is 5.82. The van der Waals surface area contributed by atoms with Crippen molar-refractivity contribution in [2.24, 2.45) is 0 Å². The molecule has 5 nitrogen and oxygen atoms in total. The van der Waals surface area contributed by atoms with E-state index in [1.165, 1.54) is 4.90 Å². The van der Waals surface area contributed by atoms with Crippen molar-refractivity contribution >= 4 is 28.8 Å². The van der Waals surface area contributed by atoms with Crippen molar-refractivity contribution in [3.05, 3.63) is 94.7 Å². The van der Waals surface area contributed by atoms with Crippen molar-refractivity contribution in [1.29, 1.82) is 0 Å². The molecule has 32 heavy (non-hydrogen) atoms. The summed E-state index contributed by atoms with van der Waals surface area (Å²) < 4.78 is 5.53. The normalized spacial score (nSPS) is 13.7. The molecule has 0 unspecified atom stereocenters. The largest absolute Gasteiger partial charge is 0.494 e. The lowest BCUT2D eigenvalue weighted by Gasteiger charge is -2.16. The summed E-state index contributed by atoms with van der Waals surface area (Å²) in [6.07, 6.45) is 0. The topological polar surface area (TPSA) is 58.6 Å². The fourth-order valence-corrected chi connectivity index (χ4v) is 3.92. The van der Waals surface area contributed by atoms with Gasteiger partial charge in [0.15, 0.2) is 0 Å². The van der Waals surface area contributed by atoms with Crippen molar-refractivity contribution in [3.8, 4) is 5.75 Å². The first-order chi connectivity index (χ1) is 15.4. The molecule has 0 aromatic heterocycles. The molecule has 5 heteroatoms. The second-order valence-electron chi connectivity index (χ2n) is 7.99. The number of hydrogen-bond acceptors (Lipinski definition) is 4. The van der Waals surface area contributed by atoms with Crippen molar-refractivity contribution in [3.63, 3.8) is 0 Å². The molecule has 0 aliphatic carbocycles. The monoisotopic (exact) mass is 426 g/mol. The van der Waals surface area contributed by atoms with Gasteiger partial charge in [-0.2, -0.15) is 0 Å². The third-order valence-corrected chi connectivity index (χ3v) is 5.32. The Morgan fingerprint density at radius 1 is 0.781 bits per heavy atom. The fraction of sp³-hybridized carbons (Fsp3) is 0.185. The minimum Gasteiger partial charge on any atom is -0.494 e. The number of ether oxygens (including phenoxy) is 1. The van der Waals surface area contributed by atoms with Gasteiger partial charge in [0, 0.05) is 5.69 Å². The van der Waals surface area contributed by atoms with Gasteiger partial charge in [-0.3, -0.25) is 9.59 Å². The van der Waals surface area contributed by atoms with E-state index >= 15 is 0 Å². The molecular weight excluding hydrogens is 400 g/mol. The van der Waals surface area contributed by atoms with Crippen LogP contribution in [-0.2, 0) is 9.59 Å². The van der Waals surface area contributed by atoms with Crippen LogP contribution in [0, 0.1) is 20.8 Å². The van der Waals surface area contributed by atoms with E-state index in [-0.39, 0.29) is 17.5 Å². The van der Waals surface area contributed by atoms with Crippen LogP contribution >= 0.6 is 0 Å². The van der Waals surface area contributed by atoms with E-state index in [0.29, 0.717) is 29.2 Å². The smallest absolute Gasteiger partial charge is 0.282 e. The summed E-state index contributed by atoms with van der Waals surface area (Å²) in [5.41, 5.74) is 5.79. The van der Waals surface area contributed by atoms with E-state index < -0.39 is 0 Å². The Bertz CT molecular complexity index is 1190. The summed E-state index contributed by atoms with van der Waals surface area (Å²) in [5, 5.41) is 3.24. The molecule has 0 fully saturated rings. The van der Waals surface area contributed by atoms with Crippen LogP contribution in [0.3, 0.4) is 0 Å². The van der Waals surface area contributed by atoms with Crippen LogP contribution < -0.4 is 15.0 Å². The van der Waals surface area contributed by atoms with Gasteiger partial charge in [0.05, 0.1) is 17.9 Å². The average Bonchev–Trinajstić information content (AvgIpc) is 2.99. The Hall–Kier alpha value is -3.86. The summed E-state index contributed by atoms with van der Waals surface area (Å²) in [5.74, 6) is -0.00961. The van der Waals surface area contributed by atoms with Crippen LogP contribution in [0.2, 0.25) is 0 Å². The highest BCUT2D eigenvalue weighted by molar-refractivity contribution is 6.46. The van der Waals surface area contributed by atoms with Crippen molar-refractivity contribution in [2.45, 2.75) is 27.7 Å². The number of carbonyl (C=O) groups is 2. The summed E-state index contributed by atoms with van der Waals surface area (Å²) >= 11 is 0. The molecule has 1 N–H and O–H groups in total. The lowest BCUT2D eigenvalue weighted by molar-refractivity contribution is -0.120. The number of nitrogens with zero attached hydrogens (tertiary/aromatic N) is 1. The minimum absolute atomic E-state index is 0.268. The minimum atomic E-state index is -0.373. The lowest BCUT2D eigenvalue weighted by Crippen LogP contribution is -2.32. The average molecular weight is 427 g/mol. The molecule has 0 radical (unpaired) electrons. The zero-order valence-electron chi connectivity index (χ0n) is 18.7. The highest BCUT2D eigenvalue weighted by Crippen LogP contribution is 2.34. The Morgan fingerprint density at radius 2 is 1.41 bits per heavy atom. The van der Waals surface area contributed by atoms with E-state index in [4.69, 9.17) is 4.74 Å². The Labute approximate surface area is 188 Å². The van der Waals surface area contributed by atoms with E-state index in [9.17, 15) is 9.59 Å². The number of anilines is 2. The van der Waals surface area contributed by atoms with Crippen LogP contribution in [0.1, 0.15) is 29.2 Å². The van der Waals surface area contributed by atoms with Crippen LogP contribution in [-0.4, -0.2) is 18.4 Å². The number of aryl methyl sites for hydroxylation is 3. The molecule has 3 aromatic carbocycles. The second kappa shape index (κ2) is 8.71. The molecule has 162 valence electrons. The number of hydrogen-bond donors (Lipinski definition) is 1. The van der Waals surface area contributed by atoms with Gasteiger partial charge in [0.2, 0.25) is 0 Å². The SMILES string of the molecule is CCOc1ccc(C2=C(Nc3cc(C)cc(C)c3)C(=O)N(c3ccc(C)cc3)C2=O)cc1. The summed E-state index contributed by atoms with van der Waals surface area (Å²) in [6.45, 7) is 8.44. The molecule has 3 aromatic rings. The van der Waals surface area contributed by atoms with E-state index in [1.54, 1.807) is 12.1 Å². The lowest BCUT2D eigenvalue weighted by atomic mass is 10.0. The molecule has 0 spiro atoms. The zero-order valence-corrected chi connectivity index (χ0v) is 18.7. The van der Waals surface area contributed by atoms with Crippen molar-refractivity contribution < 1.29 is 14.3 Å². The van der Waals surface area contributed by atoms with Gasteiger partial charge in [-0.1, -0.05) is 35.9 Å². The second-order valence-corrected chi connectivity index (χ2v) is 7.99. The molecule has 1 aliphatic heterocycles. The van der Waals surface area contributed by atoms with Crippen molar-refractivity contribution in [1.82, 2.24) is 0 Å². The summed E-state index contributed by atoms with van der Waals surface area (Å²) in [4.78, 5) is 28.2. The predicted molar refractivity (Wildman–Crippen MR) is 128 cm³/mol. The zero-order chi connectivity index (χ0) is 22.8. The first-order valence-corrected chi connectivity index (χ1v) is 10.7. The third-order valence-electron chi connectivity index (χ3n) is 5.32. The number of imide groups is 1. The van der Waals surface area contributed by atoms with E-state index in [1.807, 2.05) is 76.2 Å². The summed E-state index contributed by atoms with van der Waals surface area (Å²) in [6, 6.07) is 20.6. The van der Waals surface area contributed by atoms with Crippen LogP contribution in [0.4, 0.5) is 11.4 Å². The third kappa shape index (κ3) is 4.14. The molecule has 2 amide bonds. The van der Waals surface area contributed by atoms with Gasteiger partial charge < -0.3 is 10.1 Å². The standard InChI is InChI=1S/C27H26N2O3/c1-5-32-23-12-8-20(9-13-23)24-25(28-21-15-18(3)14-19(4)16-21)27(31)29(26(24)30)22-10-6-17(2)7-11-22/h6-16,28H,5H2,1-4H3. The maximum atomic E-state index is 13.5. The Morgan fingerprint density at radius 3 is 2.00 bits per heavy atom. The Balaban J connectivity index is 1.80. The van der Waals surface area contributed by atoms with Gasteiger partial charge in [0.25, 0.3) is 11.8 Å². The van der Waals surface area contributed by atoms with Gasteiger partial charge in [-0.15, -0.1) is 0 Å². The van der Waals surface area contributed by atoms with Gasteiger partial charge in [-0.25, -0.2) is 4.90 Å². The first-order valence-electron chi connectivity index (χ1n) is 10.7. The molecule has 0 saturated heterocycles. The molecule has 0 saturated carbocycles.